The number of alkyl halides is 3. The van der Waals surface area contributed by atoms with Crippen LogP contribution in [-0.4, -0.2) is 41.8 Å². The van der Waals surface area contributed by atoms with Crippen LogP contribution in [0.25, 0.3) is 0 Å². The van der Waals surface area contributed by atoms with Gasteiger partial charge in [-0.05, 0) is 60.5 Å². The maximum atomic E-state index is 13.7. The molecule has 0 saturated heterocycles. The lowest BCUT2D eigenvalue weighted by atomic mass is 9.86. The Morgan fingerprint density at radius 1 is 1.10 bits per heavy atom. The summed E-state index contributed by atoms with van der Waals surface area (Å²) in [4.78, 5) is 18.5. The summed E-state index contributed by atoms with van der Waals surface area (Å²) in [6, 6.07) is 19.6. The normalized spacial score (nSPS) is 18.8. The molecule has 4 rings (SSSR count). The first kappa shape index (κ1) is 28.6. The van der Waals surface area contributed by atoms with E-state index in [9.17, 15) is 18.0 Å². The lowest BCUT2D eigenvalue weighted by Crippen LogP contribution is -2.52. The van der Waals surface area contributed by atoms with Crippen molar-refractivity contribution in [2.24, 2.45) is 4.99 Å². The fraction of sp³-hybridized carbons (Fsp3) is 0.310. The fourth-order valence-corrected chi connectivity index (χ4v) is 4.60. The van der Waals surface area contributed by atoms with Gasteiger partial charge in [0.05, 0.1) is 12.2 Å². The Bertz CT molecular complexity index is 1310. The Balaban J connectivity index is 1.62. The topological polar surface area (TPSA) is 80.2 Å². The number of ether oxygens (including phenoxy) is 2. The van der Waals surface area contributed by atoms with E-state index in [0.717, 1.165) is 16.1 Å². The van der Waals surface area contributed by atoms with Crippen LogP contribution in [-0.2, 0) is 28.7 Å². The van der Waals surface area contributed by atoms with E-state index >= 15 is 0 Å². The van der Waals surface area contributed by atoms with Gasteiger partial charge in [-0.2, -0.15) is 13.2 Å². The van der Waals surface area contributed by atoms with Gasteiger partial charge in [0.1, 0.15) is 11.9 Å². The third-order valence-electron chi connectivity index (χ3n) is 6.48. The second-order valence-electron chi connectivity index (χ2n) is 9.19. The zero-order valence-corrected chi connectivity index (χ0v) is 22.8. The third-order valence-corrected chi connectivity index (χ3v) is 7.01. The number of halogens is 4. The Kier molecular flexibility index (Phi) is 8.97. The van der Waals surface area contributed by atoms with E-state index in [0.29, 0.717) is 24.3 Å². The van der Waals surface area contributed by atoms with E-state index in [1.165, 1.54) is 18.2 Å². The largest absolute Gasteiger partial charge is 0.494 e. The molecule has 1 heterocycles. The number of aliphatic hydroxyl groups is 1. The summed E-state index contributed by atoms with van der Waals surface area (Å²) in [5, 5.41) is 11.6. The zero-order chi connectivity index (χ0) is 28.0. The summed E-state index contributed by atoms with van der Waals surface area (Å²) < 4.78 is 53.0. The lowest BCUT2D eigenvalue weighted by Gasteiger charge is -2.28. The Morgan fingerprint density at radius 3 is 2.46 bits per heavy atom. The second-order valence-corrected chi connectivity index (χ2v) is 10.1. The van der Waals surface area contributed by atoms with Crippen molar-refractivity contribution in [2.45, 2.75) is 44.1 Å². The van der Waals surface area contributed by atoms with Crippen molar-refractivity contribution >= 4 is 27.7 Å². The van der Waals surface area contributed by atoms with Gasteiger partial charge in [0.2, 0.25) is 5.90 Å². The number of nitrogens with one attached hydrogen (secondary N) is 1. The number of aliphatic imine (C=N–C) groups is 1. The molecular weight excluding hydrogens is 577 g/mol. The lowest BCUT2D eigenvalue weighted by molar-refractivity contribution is -0.138. The van der Waals surface area contributed by atoms with Crippen LogP contribution in [0.3, 0.4) is 0 Å². The SMILES string of the molecule is C[C@H]1OC(c2ccc(OCCCO)cc2)=N[C@@]1(Cc1ccc(Br)cc1)C(=O)NCc1ccccc1C(F)(F)F. The zero-order valence-electron chi connectivity index (χ0n) is 21.2. The quantitative estimate of drug-likeness (QED) is 0.291. The maximum Gasteiger partial charge on any atom is 0.416 e. The van der Waals surface area contributed by atoms with Gasteiger partial charge < -0.3 is 19.9 Å². The van der Waals surface area contributed by atoms with Gasteiger partial charge in [-0.1, -0.05) is 46.3 Å². The molecule has 39 heavy (non-hydrogen) atoms. The van der Waals surface area contributed by atoms with Crippen molar-refractivity contribution in [1.29, 1.82) is 0 Å². The number of aliphatic hydroxyl groups excluding tert-OH is 1. The molecule has 2 atom stereocenters. The van der Waals surface area contributed by atoms with Gasteiger partial charge in [0.25, 0.3) is 5.91 Å². The summed E-state index contributed by atoms with van der Waals surface area (Å²) in [6.45, 7) is 1.82. The van der Waals surface area contributed by atoms with Crippen LogP contribution in [0.4, 0.5) is 13.2 Å². The van der Waals surface area contributed by atoms with E-state index < -0.39 is 29.3 Å². The predicted octanol–water partition coefficient (Wildman–Crippen LogP) is 5.69. The first-order valence-electron chi connectivity index (χ1n) is 12.4. The predicted molar refractivity (Wildman–Crippen MR) is 145 cm³/mol. The minimum absolute atomic E-state index is 0.0327. The van der Waals surface area contributed by atoms with E-state index in [4.69, 9.17) is 19.6 Å². The summed E-state index contributed by atoms with van der Waals surface area (Å²) in [5.41, 5.74) is -0.799. The first-order chi connectivity index (χ1) is 18.6. The highest BCUT2D eigenvalue weighted by atomic mass is 79.9. The van der Waals surface area contributed by atoms with Crippen molar-refractivity contribution in [3.8, 4) is 5.75 Å². The van der Waals surface area contributed by atoms with Crippen LogP contribution in [0, 0.1) is 0 Å². The molecule has 0 aliphatic carbocycles. The van der Waals surface area contributed by atoms with Crippen LogP contribution >= 0.6 is 15.9 Å². The average molecular weight is 605 g/mol. The number of amides is 1. The highest BCUT2D eigenvalue weighted by Gasteiger charge is 2.50. The van der Waals surface area contributed by atoms with Crippen molar-refractivity contribution in [3.05, 3.63) is 99.5 Å². The van der Waals surface area contributed by atoms with Crippen molar-refractivity contribution in [1.82, 2.24) is 5.32 Å². The molecule has 206 valence electrons. The van der Waals surface area contributed by atoms with Gasteiger partial charge in [-0.15, -0.1) is 0 Å². The number of hydrogen-bond acceptors (Lipinski definition) is 5. The van der Waals surface area contributed by atoms with Crippen molar-refractivity contribution < 1.29 is 32.5 Å². The fourth-order valence-electron chi connectivity index (χ4n) is 4.34. The Morgan fingerprint density at radius 2 is 1.79 bits per heavy atom. The number of carbonyl (C=O) groups is 1. The molecule has 6 nitrogen and oxygen atoms in total. The summed E-state index contributed by atoms with van der Waals surface area (Å²) in [7, 11) is 0. The molecule has 1 amide bonds. The molecule has 10 heteroatoms. The molecule has 0 fully saturated rings. The molecule has 0 saturated carbocycles. The van der Waals surface area contributed by atoms with Gasteiger partial charge >= 0.3 is 6.18 Å². The third kappa shape index (κ3) is 6.80. The van der Waals surface area contributed by atoms with E-state index in [-0.39, 0.29) is 31.0 Å². The molecule has 1 aliphatic heterocycles. The van der Waals surface area contributed by atoms with Gasteiger partial charge in [0, 0.05) is 36.0 Å². The Hall–Kier alpha value is -3.37. The number of benzene rings is 3. The molecule has 0 unspecified atom stereocenters. The molecule has 0 radical (unpaired) electrons. The first-order valence-corrected chi connectivity index (χ1v) is 13.2. The number of nitrogens with zero attached hydrogens (tertiary/aromatic N) is 1. The van der Waals surface area contributed by atoms with E-state index in [1.54, 1.807) is 31.2 Å². The van der Waals surface area contributed by atoms with Crippen LogP contribution in [0.2, 0.25) is 0 Å². The van der Waals surface area contributed by atoms with Crippen molar-refractivity contribution in [3.63, 3.8) is 0 Å². The summed E-state index contributed by atoms with van der Waals surface area (Å²) in [5.74, 6) is 0.335. The van der Waals surface area contributed by atoms with Crippen LogP contribution in [0.5, 0.6) is 5.75 Å². The van der Waals surface area contributed by atoms with Crippen LogP contribution in [0.15, 0.2) is 82.3 Å². The molecule has 0 bridgehead atoms. The van der Waals surface area contributed by atoms with E-state index in [1.807, 2.05) is 24.3 Å². The highest BCUT2D eigenvalue weighted by Crippen LogP contribution is 2.34. The second kappa shape index (κ2) is 12.2. The van der Waals surface area contributed by atoms with E-state index in [2.05, 4.69) is 21.2 Å². The highest BCUT2D eigenvalue weighted by molar-refractivity contribution is 9.10. The summed E-state index contributed by atoms with van der Waals surface area (Å²) in [6.07, 6.45) is -4.55. The average Bonchev–Trinajstić information content (AvgIpc) is 3.25. The molecule has 2 N–H and O–H groups in total. The molecule has 3 aromatic carbocycles. The standard InChI is InChI=1S/C29H28BrF3N2O4/c1-19-28(17-20-7-11-23(30)12-8-20,27(37)34-18-22-5-2-3-6-25(22)29(31,32)33)35-26(39-19)21-9-13-24(14-10-21)38-16-4-15-36/h2-3,5-14,19,36H,4,15-18H2,1H3,(H,34,37)/t19-,28-/m1/s1. The molecule has 0 spiro atoms. The Labute approximate surface area is 233 Å². The monoisotopic (exact) mass is 604 g/mol. The van der Waals surface area contributed by atoms with Gasteiger partial charge in [-0.3, -0.25) is 4.79 Å². The molecule has 0 aromatic heterocycles. The molecule has 3 aromatic rings. The molecule has 1 aliphatic rings. The number of rotatable bonds is 10. The minimum Gasteiger partial charge on any atom is -0.494 e. The van der Waals surface area contributed by atoms with Crippen LogP contribution < -0.4 is 10.1 Å². The van der Waals surface area contributed by atoms with Crippen LogP contribution in [0.1, 0.15) is 35.6 Å². The number of hydrogen-bond donors (Lipinski definition) is 2. The minimum atomic E-state index is -4.54. The van der Waals surface area contributed by atoms with Gasteiger partial charge in [-0.25, -0.2) is 4.99 Å². The smallest absolute Gasteiger partial charge is 0.416 e. The van der Waals surface area contributed by atoms with Crippen molar-refractivity contribution in [2.75, 3.05) is 13.2 Å². The molecular formula is C29H28BrF3N2O4. The number of carbonyl (C=O) groups excluding carboxylic acids is 1. The van der Waals surface area contributed by atoms with Gasteiger partial charge in [0.15, 0.2) is 5.54 Å². The summed E-state index contributed by atoms with van der Waals surface area (Å²) >= 11 is 3.41. The maximum absolute atomic E-state index is 13.7.